The summed E-state index contributed by atoms with van der Waals surface area (Å²) in [7, 11) is 0. The number of ether oxygens (including phenoxy) is 1. The molecule has 0 spiro atoms. The SMILES string of the molecule is CC(OC(=O)c1cc(Cl)c[nH]1)C(=O)NC1CCCC(C)C1C. The van der Waals surface area contributed by atoms with Crippen molar-refractivity contribution in [2.75, 3.05) is 0 Å². The first kappa shape index (κ1) is 16.9. The number of hydrogen-bond donors (Lipinski definition) is 2. The lowest BCUT2D eigenvalue weighted by atomic mass is 9.78. The van der Waals surface area contributed by atoms with Gasteiger partial charge in [-0.3, -0.25) is 4.79 Å². The number of hydrogen-bond acceptors (Lipinski definition) is 3. The second-order valence-electron chi connectivity index (χ2n) is 6.16. The number of aromatic amines is 1. The van der Waals surface area contributed by atoms with Crippen LogP contribution in [0.1, 0.15) is 50.5 Å². The summed E-state index contributed by atoms with van der Waals surface area (Å²) in [5.41, 5.74) is 0.240. The van der Waals surface area contributed by atoms with E-state index in [0.717, 1.165) is 12.8 Å². The van der Waals surface area contributed by atoms with Crippen LogP contribution in [0.3, 0.4) is 0 Å². The van der Waals surface area contributed by atoms with Crippen molar-refractivity contribution < 1.29 is 14.3 Å². The first-order valence-corrected chi connectivity index (χ1v) is 8.11. The van der Waals surface area contributed by atoms with Crippen molar-refractivity contribution in [2.45, 2.75) is 52.2 Å². The van der Waals surface area contributed by atoms with Gasteiger partial charge in [0.25, 0.3) is 5.91 Å². The van der Waals surface area contributed by atoms with Crippen molar-refractivity contribution >= 4 is 23.5 Å². The number of carbonyl (C=O) groups is 2. The van der Waals surface area contributed by atoms with Gasteiger partial charge in [0, 0.05) is 12.2 Å². The molecule has 0 bridgehead atoms. The number of esters is 1. The summed E-state index contributed by atoms with van der Waals surface area (Å²) in [5.74, 6) is 0.192. The molecule has 1 aliphatic carbocycles. The molecule has 0 saturated heterocycles. The largest absolute Gasteiger partial charge is 0.448 e. The number of aromatic nitrogens is 1. The van der Waals surface area contributed by atoms with Gasteiger partial charge in [0.2, 0.25) is 0 Å². The first-order chi connectivity index (χ1) is 10.4. The van der Waals surface area contributed by atoms with Crippen molar-refractivity contribution in [3.05, 3.63) is 23.0 Å². The quantitative estimate of drug-likeness (QED) is 0.835. The van der Waals surface area contributed by atoms with Crippen LogP contribution in [0, 0.1) is 11.8 Å². The van der Waals surface area contributed by atoms with Crippen molar-refractivity contribution in [1.29, 1.82) is 0 Å². The molecule has 2 N–H and O–H groups in total. The summed E-state index contributed by atoms with van der Waals surface area (Å²) >= 11 is 5.74. The Balaban J connectivity index is 1.88. The lowest BCUT2D eigenvalue weighted by Gasteiger charge is -2.35. The fourth-order valence-corrected chi connectivity index (χ4v) is 3.01. The molecular formula is C16H23ClN2O3. The molecular weight excluding hydrogens is 304 g/mol. The van der Waals surface area contributed by atoms with Gasteiger partial charge in [-0.15, -0.1) is 0 Å². The topological polar surface area (TPSA) is 71.2 Å². The molecule has 6 heteroatoms. The molecule has 5 nitrogen and oxygen atoms in total. The van der Waals surface area contributed by atoms with Crippen LogP contribution in [-0.2, 0) is 9.53 Å². The Hall–Kier alpha value is -1.49. The van der Waals surface area contributed by atoms with Crippen LogP contribution >= 0.6 is 11.6 Å². The van der Waals surface area contributed by atoms with Gasteiger partial charge in [-0.1, -0.05) is 38.3 Å². The van der Waals surface area contributed by atoms with Crippen molar-refractivity contribution in [3.63, 3.8) is 0 Å². The van der Waals surface area contributed by atoms with E-state index in [1.54, 1.807) is 6.92 Å². The fourth-order valence-electron chi connectivity index (χ4n) is 2.85. The summed E-state index contributed by atoms with van der Waals surface area (Å²) in [6, 6.07) is 1.62. The third kappa shape index (κ3) is 4.03. The van der Waals surface area contributed by atoms with E-state index >= 15 is 0 Å². The molecule has 0 radical (unpaired) electrons. The number of nitrogens with one attached hydrogen (secondary N) is 2. The van der Waals surface area contributed by atoms with Crippen molar-refractivity contribution in [2.24, 2.45) is 11.8 Å². The highest BCUT2D eigenvalue weighted by molar-refractivity contribution is 6.30. The first-order valence-electron chi connectivity index (χ1n) is 7.73. The Morgan fingerprint density at radius 2 is 2.14 bits per heavy atom. The third-order valence-corrected chi connectivity index (χ3v) is 4.77. The van der Waals surface area contributed by atoms with Gasteiger partial charge in [-0.25, -0.2) is 4.79 Å². The predicted octanol–water partition coefficient (Wildman–Crippen LogP) is 3.15. The minimum atomic E-state index is -0.834. The van der Waals surface area contributed by atoms with Crippen LogP contribution in [0.25, 0.3) is 0 Å². The maximum absolute atomic E-state index is 12.2. The van der Waals surface area contributed by atoms with E-state index in [-0.39, 0.29) is 17.6 Å². The molecule has 1 amide bonds. The molecule has 1 aromatic heterocycles. The average Bonchev–Trinajstić information content (AvgIpc) is 2.90. The normalized spacial score (nSPS) is 26.3. The van der Waals surface area contributed by atoms with E-state index in [1.807, 2.05) is 0 Å². The summed E-state index contributed by atoms with van der Waals surface area (Å²) in [4.78, 5) is 26.8. The third-order valence-electron chi connectivity index (χ3n) is 4.56. The molecule has 4 atom stereocenters. The molecule has 1 saturated carbocycles. The molecule has 122 valence electrons. The second kappa shape index (κ2) is 7.18. The molecule has 1 heterocycles. The summed E-state index contributed by atoms with van der Waals surface area (Å²) < 4.78 is 5.17. The zero-order valence-corrected chi connectivity index (χ0v) is 13.9. The van der Waals surface area contributed by atoms with E-state index in [0.29, 0.717) is 16.9 Å². The minimum absolute atomic E-state index is 0.150. The molecule has 0 aliphatic heterocycles. The molecule has 2 rings (SSSR count). The van der Waals surface area contributed by atoms with Crippen molar-refractivity contribution in [3.8, 4) is 0 Å². The molecule has 0 aromatic carbocycles. The molecule has 1 aromatic rings. The van der Waals surface area contributed by atoms with E-state index in [1.165, 1.54) is 18.7 Å². The standard InChI is InChI=1S/C16H23ClN2O3/c1-9-5-4-6-13(10(9)2)19-15(20)11(3)22-16(21)14-7-12(17)8-18-14/h7-11,13,18H,4-6H2,1-3H3,(H,19,20). The lowest BCUT2D eigenvalue weighted by Crippen LogP contribution is -2.47. The zero-order valence-electron chi connectivity index (χ0n) is 13.2. The molecule has 1 aliphatic rings. The molecule has 22 heavy (non-hydrogen) atoms. The molecule has 4 unspecified atom stereocenters. The highest BCUT2D eigenvalue weighted by Gasteiger charge is 2.30. The predicted molar refractivity (Wildman–Crippen MR) is 84.8 cm³/mol. The Morgan fingerprint density at radius 1 is 1.41 bits per heavy atom. The van der Waals surface area contributed by atoms with E-state index in [9.17, 15) is 9.59 Å². The van der Waals surface area contributed by atoms with Gasteiger partial charge in [0.15, 0.2) is 6.10 Å². The van der Waals surface area contributed by atoms with Crippen LogP contribution in [0.4, 0.5) is 0 Å². The van der Waals surface area contributed by atoms with E-state index in [4.69, 9.17) is 16.3 Å². The Bertz CT molecular complexity index is 543. The number of halogens is 1. The van der Waals surface area contributed by atoms with E-state index in [2.05, 4.69) is 24.1 Å². The average molecular weight is 327 g/mol. The number of carbonyl (C=O) groups excluding carboxylic acids is 2. The van der Waals surface area contributed by atoms with Crippen LogP contribution < -0.4 is 5.32 Å². The Labute approximate surface area is 135 Å². The van der Waals surface area contributed by atoms with Gasteiger partial charge < -0.3 is 15.0 Å². The van der Waals surface area contributed by atoms with E-state index < -0.39 is 12.1 Å². The summed E-state index contributed by atoms with van der Waals surface area (Å²) in [6.07, 6.45) is 3.95. The van der Waals surface area contributed by atoms with Gasteiger partial charge in [0.05, 0.1) is 5.02 Å². The molecule has 1 fully saturated rings. The lowest BCUT2D eigenvalue weighted by molar-refractivity contribution is -0.130. The summed E-state index contributed by atoms with van der Waals surface area (Å²) in [5, 5.41) is 3.43. The number of H-pyrrole nitrogens is 1. The Morgan fingerprint density at radius 3 is 2.77 bits per heavy atom. The maximum Gasteiger partial charge on any atom is 0.355 e. The Kier molecular flexibility index (Phi) is 5.51. The van der Waals surface area contributed by atoms with Gasteiger partial charge in [-0.2, -0.15) is 0 Å². The van der Waals surface area contributed by atoms with Crippen molar-refractivity contribution in [1.82, 2.24) is 10.3 Å². The minimum Gasteiger partial charge on any atom is -0.448 e. The zero-order chi connectivity index (χ0) is 16.3. The van der Waals surface area contributed by atoms with Gasteiger partial charge >= 0.3 is 5.97 Å². The highest BCUT2D eigenvalue weighted by atomic mass is 35.5. The van der Waals surface area contributed by atoms with Crippen LogP contribution in [0.15, 0.2) is 12.3 Å². The van der Waals surface area contributed by atoms with Gasteiger partial charge in [0.1, 0.15) is 5.69 Å². The fraction of sp³-hybridized carbons (Fsp3) is 0.625. The van der Waals surface area contributed by atoms with Crippen LogP contribution in [-0.4, -0.2) is 29.0 Å². The highest BCUT2D eigenvalue weighted by Crippen LogP contribution is 2.29. The van der Waals surface area contributed by atoms with Crippen LogP contribution in [0.2, 0.25) is 5.02 Å². The number of amides is 1. The second-order valence-corrected chi connectivity index (χ2v) is 6.60. The number of rotatable bonds is 4. The smallest absolute Gasteiger partial charge is 0.355 e. The monoisotopic (exact) mass is 326 g/mol. The maximum atomic E-state index is 12.2. The summed E-state index contributed by atoms with van der Waals surface area (Å²) in [6.45, 7) is 5.95. The van der Waals surface area contributed by atoms with Gasteiger partial charge in [-0.05, 0) is 31.2 Å². The van der Waals surface area contributed by atoms with Crippen LogP contribution in [0.5, 0.6) is 0 Å².